The van der Waals surface area contributed by atoms with Crippen molar-refractivity contribution in [1.82, 2.24) is 20.3 Å². The fourth-order valence-corrected chi connectivity index (χ4v) is 4.10. The molecule has 1 aromatic carbocycles. The molecule has 29 heavy (non-hydrogen) atoms. The van der Waals surface area contributed by atoms with Crippen molar-refractivity contribution in [2.75, 3.05) is 0 Å². The molecule has 1 aliphatic carbocycles. The Morgan fingerprint density at radius 2 is 1.90 bits per heavy atom. The molecule has 2 aromatic heterocycles. The summed E-state index contributed by atoms with van der Waals surface area (Å²) < 4.78 is 0. The number of hydrogen-bond acceptors (Lipinski definition) is 4. The lowest BCUT2D eigenvalue weighted by Gasteiger charge is -2.25. The number of aromatic amines is 1. The van der Waals surface area contributed by atoms with Crippen LogP contribution in [0.2, 0.25) is 0 Å². The second-order valence-electron chi connectivity index (χ2n) is 7.69. The maximum absolute atomic E-state index is 13.0. The smallest absolute Gasteiger partial charge is 0.254 e. The third kappa shape index (κ3) is 4.29. The fraction of sp³-hybridized carbons (Fsp3) is 0.364. The number of para-hydroxylation sites is 1. The molecule has 1 fully saturated rings. The molecule has 0 saturated heterocycles. The third-order valence-corrected chi connectivity index (χ3v) is 5.65. The average Bonchev–Trinajstić information content (AvgIpc) is 3.19. The molecule has 4 N–H and O–H groups in total. The number of nitrogens with zero attached hydrogens (tertiary/aromatic N) is 2. The van der Waals surface area contributed by atoms with Crippen LogP contribution in [-0.4, -0.2) is 32.8 Å². The standard InChI is InChI=1S/C22H25N5O2/c23-20(28)18(13-14-5-2-1-3-6-14)26-22(29)16-7-4-8-17-19(16)27-21(25-17)15-9-11-24-12-10-15/h4,7-12,14,18H,1-3,5-6,13H2,(H2,23,28)(H,25,27)(H,26,29). The number of hydrogen-bond donors (Lipinski definition) is 3. The molecule has 1 aliphatic rings. The van der Waals surface area contributed by atoms with E-state index < -0.39 is 11.9 Å². The largest absolute Gasteiger partial charge is 0.368 e. The lowest BCUT2D eigenvalue weighted by atomic mass is 9.84. The van der Waals surface area contributed by atoms with E-state index in [4.69, 9.17) is 5.73 Å². The van der Waals surface area contributed by atoms with Crippen LogP contribution in [0.1, 0.15) is 48.9 Å². The van der Waals surface area contributed by atoms with E-state index in [2.05, 4.69) is 20.3 Å². The number of nitrogens with two attached hydrogens (primary N) is 1. The highest BCUT2D eigenvalue weighted by Crippen LogP contribution is 2.28. The number of H-pyrrole nitrogens is 1. The maximum atomic E-state index is 13.0. The molecule has 150 valence electrons. The van der Waals surface area contributed by atoms with Crippen molar-refractivity contribution < 1.29 is 9.59 Å². The second kappa shape index (κ2) is 8.43. The van der Waals surface area contributed by atoms with Crippen LogP contribution >= 0.6 is 0 Å². The molecular weight excluding hydrogens is 366 g/mol. The van der Waals surface area contributed by atoms with Gasteiger partial charge < -0.3 is 16.0 Å². The van der Waals surface area contributed by atoms with Gasteiger partial charge in [0, 0.05) is 18.0 Å². The molecule has 3 aromatic rings. The van der Waals surface area contributed by atoms with Crippen molar-refractivity contribution >= 4 is 22.8 Å². The number of aromatic nitrogens is 3. The topological polar surface area (TPSA) is 114 Å². The number of nitrogens with one attached hydrogen (secondary N) is 2. The van der Waals surface area contributed by atoms with Crippen LogP contribution < -0.4 is 11.1 Å². The Morgan fingerprint density at radius 1 is 1.14 bits per heavy atom. The Morgan fingerprint density at radius 3 is 2.62 bits per heavy atom. The molecule has 0 radical (unpaired) electrons. The van der Waals surface area contributed by atoms with Gasteiger partial charge in [-0.25, -0.2) is 4.98 Å². The van der Waals surface area contributed by atoms with E-state index in [9.17, 15) is 9.59 Å². The van der Waals surface area contributed by atoms with Gasteiger partial charge >= 0.3 is 0 Å². The minimum atomic E-state index is -0.667. The summed E-state index contributed by atoms with van der Waals surface area (Å²) in [5, 5.41) is 2.84. The summed E-state index contributed by atoms with van der Waals surface area (Å²) in [6.07, 6.45) is 9.75. The number of amides is 2. The Labute approximate surface area is 169 Å². The van der Waals surface area contributed by atoms with Crippen LogP contribution in [0.15, 0.2) is 42.7 Å². The van der Waals surface area contributed by atoms with Gasteiger partial charge in [0.1, 0.15) is 17.4 Å². The number of rotatable bonds is 6. The van der Waals surface area contributed by atoms with Gasteiger partial charge in [-0.2, -0.15) is 0 Å². The zero-order valence-corrected chi connectivity index (χ0v) is 16.2. The van der Waals surface area contributed by atoms with Crippen LogP contribution in [0.25, 0.3) is 22.4 Å². The van der Waals surface area contributed by atoms with E-state index in [1.54, 1.807) is 24.5 Å². The van der Waals surface area contributed by atoms with Crippen LogP contribution in [-0.2, 0) is 4.79 Å². The monoisotopic (exact) mass is 391 g/mol. The Balaban J connectivity index is 1.57. The number of primary amides is 1. The van der Waals surface area contributed by atoms with Gasteiger partial charge in [0.05, 0.1) is 11.1 Å². The minimum absolute atomic E-state index is 0.331. The van der Waals surface area contributed by atoms with Gasteiger partial charge in [-0.05, 0) is 36.6 Å². The van der Waals surface area contributed by atoms with Gasteiger partial charge in [-0.1, -0.05) is 38.2 Å². The second-order valence-corrected chi connectivity index (χ2v) is 7.69. The summed E-state index contributed by atoms with van der Waals surface area (Å²) in [6.45, 7) is 0. The van der Waals surface area contributed by atoms with Crippen molar-refractivity contribution in [1.29, 1.82) is 0 Å². The Hall–Kier alpha value is -3.22. The van der Waals surface area contributed by atoms with Crippen molar-refractivity contribution in [2.45, 2.75) is 44.6 Å². The summed E-state index contributed by atoms with van der Waals surface area (Å²) in [5.41, 5.74) is 8.22. The normalized spacial score (nSPS) is 15.9. The first kappa shape index (κ1) is 19.1. The Kier molecular flexibility index (Phi) is 5.55. The number of benzene rings is 1. The molecule has 1 atom stereocenters. The molecule has 0 aliphatic heterocycles. The quantitative estimate of drug-likeness (QED) is 0.599. The van der Waals surface area contributed by atoms with Crippen molar-refractivity contribution in [3.63, 3.8) is 0 Å². The van der Waals surface area contributed by atoms with E-state index in [1.807, 2.05) is 18.2 Å². The molecule has 7 nitrogen and oxygen atoms in total. The lowest BCUT2D eigenvalue weighted by Crippen LogP contribution is -2.45. The Bertz CT molecular complexity index is 1010. The van der Waals surface area contributed by atoms with Gasteiger partial charge in [0.25, 0.3) is 5.91 Å². The summed E-state index contributed by atoms with van der Waals surface area (Å²) in [4.78, 5) is 36.8. The SMILES string of the molecule is NC(=O)C(CC1CCCCC1)NC(=O)c1cccc2[nH]c(-c3ccncc3)nc12. The van der Waals surface area contributed by atoms with E-state index in [0.29, 0.717) is 29.2 Å². The summed E-state index contributed by atoms with van der Waals surface area (Å²) in [5.74, 6) is 0.274. The van der Waals surface area contributed by atoms with Crippen LogP contribution in [0.5, 0.6) is 0 Å². The van der Waals surface area contributed by atoms with Gasteiger partial charge in [-0.3, -0.25) is 14.6 Å². The van der Waals surface area contributed by atoms with Gasteiger partial charge in [0.2, 0.25) is 5.91 Å². The van der Waals surface area contributed by atoms with E-state index in [1.165, 1.54) is 19.3 Å². The molecule has 0 spiro atoms. The summed E-state index contributed by atoms with van der Waals surface area (Å²) >= 11 is 0. The zero-order chi connectivity index (χ0) is 20.2. The number of carbonyl (C=O) groups is 2. The highest BCUT2D eigenvalue weighted by molar-refractivity contribution is 6.06. The third-order valence-electron chi connectivity index (χ3n) is 5.65. The van der Waals surface area contributed by atoms with E-state index in [-0.39, 0.29) is 5.91 Å². The molecular formula is C22H25N5O2. The molecule has 2 amide bonds. The fourth-order valence-electron chi connectivity index (χ4n) is 4.10. The number of fused-ring (bicyclic) bond motifs is 1. The van der Waals surface area contributed by atoms with E-state index in [0.717, 1.165) is 23.9 Å². The van der Waals surface area contributed by atoms with E-state index >= 15 is 0 Å². The molecule has 0 bridgehead atoms. The first-order chi connectivity index (χ1) is 14.1. The predicted octanol–water partition coefficient (Wildman–Crippen LogP) is 3.18. The number of pyridine rings is 1. The van der Waals surface area contributed by atoms with Crippen LogP contribution in [0.4, 0.5) is 0 Å². The molecule has 1 saturated carbocycles. The molecule has 1 unspecified atom stereocenters. The minimum Gasteiger partial charge on any atom is -0.368 e. The zero-order valence-electron chi connectivity index (χ0n) is 16.2. The highest BCUT2D eigenvalue weighted by Gasteiger charge is 2.25. The summed E-state index contributed by atoms with van der Waals surface area (Å²) in [6, 6.07) is 8.42. The molecule has 7 heteroatoms. The maximum Gasteiger partial charge on any atom is 0.254 e. The first-order valence-electron chi connectivity index (χ1n) is 10.1. The lowest BCUT2D eigenvalue weighted by molar-refractivity contribution is -0.120. The first-order valence-corrected chi connectivity index (χ1v) is 10.1. The average molecular weight is 391 g/mol. The van der Waals surface area contributed by atoms with Crippen molar-refractivity contribution in [2.24, 2.45) is 11.7 Å². The molecule has 2 heterocycles. The van der Waals surface area contributed by atoms with Gasteiger partial charge in [0.15, 0.2) is 0 Å². The van der Waals surface area contributed by atoms with Crippen LogP contribution in [0.3, 0.4) is 0 Å². The van der Waals surface area contributed by atoms with Gasteiger partial charge in [-0.15, -0.1) is 0 Å². The van der Waals surface area contributed by atoms with Crippen molar-refractivity contribution in [3.05, 3.63) is 48.3 Å². The molecule has 4 rings (SSSR count). The van der Waals surface area contributed by atoms with Crippen LogP contribution in [0, 0.1) is 5.92 Å². The number of carbonyl (C=O) groups excluding carboxylic acids is 2. The van der Waals surface area contributed by atoms with Crippen molar-refractivity contribution in [3.8, 4) is 11.4 Å². The summed E-state index contributed by atoms with van der Waals surface area (Å²) in [7, 11) is 0. The predicted molar refractivity (Wildman–Crippen MR) is 111 cm³/mol. The highest BCUT2D eigenvalue weighted by atomic mass is 16.2. The number of imidazole rings is 1.